The summed E-state index contributed by atoms with van der Waals surface area (Å²) in [5, 5.41) is 10.4. The monoisotopic (exact) mass is 271 g/mol. The molecule has 0 bridgehead atoms. The molecule has 0 fully saturated rings. The molecule has 1 aliphatic carbocycles. The van der Waals surface area contributed by atoms with Gasteiger partial charge in [0.2, 0.25) is 5.60 Å². The van der Waals surface area contributed by atoms with E-state index in [0.29, 0.717) is 17.8 Å². The molecule has 2 nitrogen and oxygen atoms in total. The Bertz CT molecular complexity index is 539. The van der Waals surface area contributed by atoms with E-state index in [2.05, 4.69) is 4.98 Å². The smallest absolute Gasteiger partial charge is 0.372 e. The molecule has 0 aromatic carbocycles. The van der Waals surface area contributed by atoms with Gasteiger partial charge in [-0.05, 0) is 38.3 Å². The first kappa shape index (κ1) is 13.9. The van der Waals surface area contributed by atoms with E-state index >= 15 is 0 Å². The fraction of sp³-hybridized carbons (Fsp3) is 0.429. The van der Waals surface area contributed by atoms with Crippen molar-refractivity contribution in [3.8, 4) is 0 Å². The Morgan fingerprint density at radius 2 is 1.95 bits per heavy atom. The zero-order valence-electron chi connectivity index (χ0n) is 10.8. The summed E-state index contributed by atoms with van der Waals surface area (Å²) in [5.41, 5.74) is -2.09. The third kappa shape index (κ3) is 2.23. The third-order valence-electron chi connectivity index (χ3n) is 3.43. The van der Waals surface area contributed by atoms with Gasteiger partial charge in [-0.25, -0.2) is 0 Å². The highest BCUT2D eigenvalue weighted by Gasteiger charge is 2.58. The lowest BCUT2D eigenvalue weighted by Crippen LogP contribution is -2.44. The van der Waals surface area contributed by atoms with Crippen LogP contribution < -0.4 is 0 Å². The number of aliphatic hydroxyl groups is 1. The predicted molar refractivity (Wildman–Crippen MR) is 66.7 cm³/mol. The largest absolute Gasteiger partial charge is 0.425 e. The van der Waals surface area contributed by atoms with E-state index in [0.717, 1.165) is 0 Å². The molecular formula is C14H16F3NO. The minimum Gasteiger partial charge on any atom is -0.372 e. The highest BCUT2D eigenvalue weighted by atomic mass is 19.4. The van der Waals surface area contributed by atoms with E-state index < -0.39 is 11.8 Å². The molecule has 1 unspecified atom stereocenters. The molecule has 0 radical (unpaired) electrons. The zero-order valence-corrected chi connectivity index (χ0v) is 10.8. The van der Waals surface area contributed by atoms with Crippen molar-refractivity contribution in [2.75, 3.05) is 0 Å². The maximum atomic E-state index is 13.4. The summed E-state index contributed by atoms with van der Waals surface area (Å²) in [5.74, 6) is 0. The number of alkyl halides is 3. The van der Waals surface area contributed by atoms with E-state index in [9.17, 15) is 18.3 Å². The summed E-state index contributed by atoms with van der Waals surface area (Å²) in [7, 11) is 0. The molecular weight excluding hydrogens is 255 g/mol. The van der Waals surface area contributed by atoms with Gasteiger partial charge in [0.1, 0.15) is 0 Å². The van der Waals surface area contributed by atoms with Crippen LogP contribution in [0.5, 0.6) is 0 Å². The maximum absolute atomic E-state index is 13.4. The van der Waals surface area contributed by atoms with Gasteiger partial charge in [0.15, 0.2) is 0 Å². The third-order valence-corrected chi connectivity index (χ3v) is 3.43. The fourth-order valence-corrected chi connectivity index (χ4v) is 2.51. The molecule has 0 spiro atoms. The van der Waals surface area contributed by atoms with E-state index in [1.165, 1.54) is 19.1 Å². The van der Waals surface area contributed by atoms with Crippen LogP contribution in [0.25, 0.3) is 0 Å². The Balaban J connectivity index is 2.62. The first-order valence-corrected chi connectivity index (χ1v) is 6.09. The Kier molecular flexibility index (Phi) is 3.34. The van der Waals surface area contributed by atoms with Gasteiger partial charge in [-0.15, -0.1) is 0 Å². The van der Waals surface area contributed by atoms with Crippen LogP contribution in [0.1, 0.15) is 29.8 Å². The van der Waals surface area contributed by atoms with Gasteiger partial charge in [0, 0.05) is 17.0 Å². The lowest BCUT2D eigenvalue weighted by atomic mass is 9.81. The maximum Gasteiger partial charge on any atom is 0.425 e. The average molecular weight is 271 g/mol. The topological polar surface area (TPSA) is 36.0 Å². The van der Waals surface area contributed by atoms with Crippen LogP contribution in [0.3, 0.4) is 0 Å². The molecule has 1 aliphatic rings. The molecule has 1 aromatic rings. The molecule has 0 aliphatic heterocycles. The first-order chi connectivity index (χ1) is 8.76. The number of aromatic amines is 1. The Morgan fingerprint density at radius 1 is 1.26 bits per heavy atom. The lowest BCUT2D eigenvalue weighted by Gasteiger charge is -2.34. The van der Waals surface area contributed by atoms with Gasteiger partial charge < -0.3 is 10.1 Å². The second kappa shape index (κ2) is 4.56. The number of halogens is 3. The van der Waals surface area contributed by atoms with Crippen LogP contribution in [0.2, 0.25) is 0 Å². The number of aryl methyl sites for hydroxylation is 2. The summed E-state index contributed by atoms with van der Waals surface area (Å²) in [6.07, 6.45) is 0.672. The molecule has 0 saturated carbocycles. The van der Waals surface area contributed by atoms with Crippen LogP contribution in [0.15, 0.2) is 29.9 Å². The number of nitrogens with one attached hydrogen (secondary N) is 1. The van der Waals surface area contributed by atoms with Gasteiger partial charge in [0.05, 0.1) is 0 Å². The number of H-pyrrole nitrogens is 1. The summed E-state index contributed by atoms with van der Waals surface area (Å²) >= 11 is 0. The van der Waals surface area contributed by atoms with Gasteiger partial charge in [-0.1, -0.05) is 18.2 Å². The summed E-state index contributed by atoms with van der Waals surface area (Å²) in [4.78, 5) is 2.82. The quantitative estimate of drug-likeness (QED) is 0.846. The van der Waals surface area contributed by atoms with Gasteiger partial charge in [-0.2, -0.15) is 13.2 Å². The minimum absolute atomic E-state index is 0.00963. The predicted octanol–water partition coefficient (Wildman–Crippen LogP) is 3.66. The molecule has 2 N–H and O–H groups in total. The van der Waals surface area contributed by atoms with Crippen molar-refractivity contribution >= 4 is 0 Å². The van der Waals surface area contributed by atoms with Crippen molar-refractivity contribution < 1.29 is 18.3 Å². The zero-order chi connectivity index (χ0) is 14.3. The van der Waals surface area contributed by atoms with Gasteiger partial charge in [-0.3, -0.25) is 0 Å². The van der Waals surface area contributed by atoms with Gasteiger partial charge >= 0.3 is 6.18 Å². The SMILES string of the molecule is Cc1cc(C(O)(C2=CC=CCC2)C(F)(F)F)c(C)[nH]1. The molecule has 1 heterocycles. The summed E-state index contributed by atoms with van der Waals surface area (Å²) < 4.78 is 40.3. The Hall–Kier alpha value is -1.49. The number of hydrogen-bond acceptors (Lipinski definition) is 1. The summed E-state index contributed by atoms with van der Waals surface area (Å²) in [6, 6.07) is 1.36. The molecule has 1 aromatic heterocycles. The molecule has 104 valence electrons. The van der Waals surface area contributed by atoms with Crippen molar-refractivity contribution in [1.82, 2.24) is 4.98 Å². The lowest BCUT2D eigenvalue weighted by molar-refractivity contribution is -0.251. The highest BCUT2D eigenvalue weighted by Crippen LogP contribution is 2.47. The second-order valence-corrected chi connectivity index (χ2v) is 4.86. The normalized spacial score (nSPS) is 19.2. The van der Waals surface area contributed by atoms with E-state index in [1.807, 2.05) is 0 Å². The van der Waals surface area contributed by atoms with Crippen LogP contribution in [0.4, 0.5) is 13.2 Å². The van der Waals surface area contributed by atoms with Crippen LogP contribution in [-0.2, 0) is 5.60 Å². The Labute approximate surface area is 109 Å². The highest BCUT2D eigenvalue weighted by molar-refractivity contribution is 5.42. The Morgan fingerprint density at radius 3 is 2.37 bits per heavy atom. The summed E-state index contributed by atoms with van der Waals surface area (Å²) in [6.45, 7) is 3.21. The number of aromatic nitrogens is 1. The number of rotatable bonds is 2. The molecule has 5 heteroatoms. The van der Waals surface area contributed by atoms with Gasteiger partial charge in [0.25, 0.3) is 0 Å². The number of hydrogen-bond donors (Lipinski definition) is 2. The number of allylic oxidation sites excluding steroid dienone is 3. The van der Waals surface area contributed by atoms with Crippen molar-refractivity contribution in [3.05, 3.63) is 46.8 Å². The minimum atomic E-state index is -4.75. The molecule has 2 rings (SSSR count). The molecule has 1 atom stereocenters. The van der Waals surface area contributed by atoms with Crippen LogP contribution in [-0.4, -0.2) is 16.3 Å². The van der Waals surface area contributed by atoms with E-state index in [-0.39, 0.29) is 17.6 Å². The average Bonchev–Trinajstić information content (AvgIpc) is 2.67. The van der Waals surface area contributed by atoms with Crippen LogP contribution >= 0.6 is 0 Å². The fourth-order valence-electron chi connectivity index (χ4n) is 2.51. The van der Waals surface area contributed by atoms with Crippen molar-refractivity contribution in [1.29, 1.82) is 0 Å². The van der Waals surface area contributed by atoms with Crippen LogP contribution in [0, 0.1) is 13.8 Å². The van der Waals surface area contributed by atoms with Crippen molar-refractivity contribution in [2.45, 2.75) is 38.5 Å². The van der Waals surface area contributed by atoms with Crippen molar-refractivity contribution in [3.63, 3.8) is 0 Å². The first-order valence-electron chi connectivity index (χ1n) is 6.09. The second-order valence-electron chi connectivity index (χ2n) is 4.86. The standard InChI is InChI=1S/C14H16F3NO/c1-9-8-12(10(2)18-9)13(19,14(15,16)17)11-6-4-3-5-7-11/h3-4,6,8,18-19H,5,7H2,1-2H3. The van der Waals surface area contributed by atoms with E-state index in [4.69, 9.17) is 0 Å². The molecule has 0 saturated heterocycles. The molecule has 0 amide bonds. The molecule has 19 heavy (non-hydrogen) atoms. The van der Waals surface area contributed by atoms with E-state index in [1.54, 1.807) is 19.1 Å². The van der Waals surface area contributed by atoms with Crippen molar-refractivity contribution in [2.24, 2.45) is 0 Å².